The molecule has 0 bridgehead atoms. The average molecular weight is 320 g/mol. The molecule has 0 amide bonds. The van der Waals surface area contributed by atoms with Gasteiger partial charge in [-0.05, 0) is 54.9 Å². The van der Waals surface area contributed by atoms with Crippen LogP contribution in [0.2, 0.25) is 0 Å². The predicted octanol–water partition coefficient (Wildman–Crippen LogP) is 4.66. The van der Waals surface area contributed by atoms with E-state index < -0.39 is 0 Å². The number of nitrogens with one attached hydrogen (secondary N) is 1. The summed E-state index contributed by atoms with van der Waals surface area (Å²) in [6.45, 7) is 6.11. The van der Waals surface area contributed by atoms with Crippen LogP contribution in [-0.4, -0.2) is 6.54 Å². The van der Waals surface area contributed by atoms with Crippen LogP contribution >= 0.6 is 15.9 Å². The number of hydrogen-bond acceptors (Lipinski definition) is 2. The lowest BCUT2D eigenvalue weighted by atomic mass is 10.1. The van der Waals surface area contributed by atoms with Crippen LogP contribution in [0.4, 0.5) is 0 Å². The monoisotopic (exact) mass is 319 g/mol. The molecule has 100 valence electrons. The highest BCUT2D eigenvalue weighted by atomic mass is 79.9. The Bertz CT molecular complexity index is 554. The van der Waals surface area contributed by atoms with Gasteiger partial charge >= 0.3 is 0 Å². The number of rotatable bonds is 5. The van der Waals surface area contributed by atoms with Crippen LogP contribution < -0.4 is 10.1 Å². The molecule has 19 heavy (non-hydrogen) atoms. The first-order valence-corrected chi connectivity index (χ1v) is 7.22. The van der Waals surface area contributed by atoms with Crippen molar-refractivity contribution in [2.75, 3.05) is 6.54 Å². The van der Waals surface area contributed by atoms with E-state index in [1.165, 1.54) is 11.1 Å². The predicted molar refractivity (Wildman–Crippen MR) is 82.8 cm³/mol. The fraction of sp³-hybridized carbons (Fsp3) is 0.250. The molecular weight excluding hydrogens is 302 g/mol. The van der Waals surface area contributed by atoms with E-state index in [0.29, 0.717) is 0 Å². The van der Waals surface area contributed by atoms with E-state index in [2.05, 4.69) is 47.2 Å². The van der Waals surface area contributed by atoms with Gasteiger partial charge in [0.15, 0.2) is 0 Å². The first-order valence-electron chi connectivity index (χ1n) is 6.42. The molecule has 0 radical (unpaired) electrons. The summed E-state index contributed by atoms with van der Waals surface area (Å²) in [4.78, 5) is 0. The highest BCUT2D eigenvalue weighted by molar-refractivity contribution is 9.10. The lowest BCUT2D eigenvalue weighted by Gasteiger charge is -2.10. The maximum Gasteiger partial charge on any atom is 0.128 e. The fourth-order valence-corrected chi connectivity index (χ4v) is 2.23. The first-order chi connectivity index (χ1) is 9.19. The lowest BCUT2D eigenvalue weighted by molar-refractivity contribution is 0.481. The Balaban J connectivity index is 2.11. The van der Waals surface area contributed by atoms with Crippen molar-refractivity contribution >= 4 is 15.9 Å². The number of ether oxygens (including phenoxy) is 1. The maximum absolute atomic E-state index is 5.85. The second kappa shape index (κ2) is 6.73. The van der Waals surface area contributed by atoms with Crippen LogP contribution in [0, 0.1) is 6.92 Å². The molecule has 1 N–H and O–H groups in total. The molecule has 0 aliphatic heterocycles. The third-order valence-corrected chi connectivity index (χ3v) is 3.40. The molecule has 2 nitrogen and oxygen atoms in total. The van der Waals surface area contributed by atoms with Gasteiger partial charge in [0.1, 0.15) is 11.5 Å². The number of halogens is 1. The van der Waals surface area contributed by atoms with Crippen LogP contribution in [0.3, 0.4) is 0 Å². The summed E-state index contributed by atoms with van der Waals surface area (Å²) in [5.74, 6) is 1.71. The van der Waals surface area contributed by atoms with E-state index in [4.69, 9.17) is 4.74 Å². The average Bonchev–Trinajstić information content (AvgIpc) is 2.38. The molecule has 0 heterocycles. The zero-order chi connectivity index (χ0) is 13.7. The van der Waals surface area contributed by atoms with Gasteiger partial charge in [0.2, 0.25) is 0 Å². The minimum Gasteiger partial charge on any atom is -0.457 e. The normalized spacial score (nSPS) is 10.5. The zero-order valence-electron chi connectivity index (χ0n) is 11.2. The van der Waals surface area contributed by atoms with E-state index in [9.17, 15) is 0 Å². The Labute approximate surface area is 122 Å². The van der Waals surface area contributed by atoms with Gasteiger partial charge in [0.05, 0.1) is 0 Å². The summed E-state index contributed by atoms with van der Waals surface area (Å²) in [5, 5.41) is 3.33. The van der Waals surface area contributed by atoms with Crippen molar-refractivity contribution in [1.29, 1.82) is 0 Å². The third kappa shape index (κ3) is 4.08. The molecule has 0 unspecified atom stereocenters. The number of aryl methyl sites for hydroxylation is 1. The molecular formula is C16H18BrNO. The lowest BCUT2D eigenvalue weighted by Crippen LogP contribution is -2.12. The van der Waals surface area contributed by atoms with Crippen LogP contribution in [0.5, 0.6) is 11.5 Å². The van der Waals surface area contributed by atoms with Crippen molar-refractivity contribution in [2.24, 2.45) is 0 Å². The van der Waals surface area contributed by atoms with Crippen LogP contribution in [0.1, 0.15) is 18.1 Å². The SMILES string of the molecule is CCNCc1ccc(Oc2cccc(Br)c2)cc1C. The van der Waals surface area contributed by atoms with Crippen molar-refractivity contribution in [3.63, 3.8) is 0 Å². The van der Waals surface area contributed by atoms with Crippen molar-refractivity contribution in [3.05, 3.63) is 58.1 Å². The molecule has 3 heteroatoms. The van der Waals surface area contributed by atoms with Gasteiger partial charge < -0.3 is 10.1 Å². The van der Waals surface area contributed by atoms with Gasteiger partial charge in [-0.1, -0.05) is 35.0 Å². The van der Waals surface area contributed by atoms with Gasteiger partial charge in [-0.25, -0.2) is 0 Å². The second-order valence-electron chi connectivity index (χ2n) is 4.43. The molecule has 0 saturated carbocycles. The van der Waals surface area contributed by atoms with Crippen molar-refractivity contribution < 1.29 is 4.74 Å². The molecule has 0 atom stereocenters. The highest BCUT2D eigenvalue weighted by Gasteiger charge is 2.02. The van der Waals surface area contributed by atoms with Crippen molar-refractivity contribution in [1.82, 2.24) is 5.32 Å². The van der Waals surface area contributed by atoms with E-state index in [1.54, 1.807) is 0 Å². The van der Waals surface area contributed by atoms with E-state index in [-0.39, 0.29) is 0 Å². The molecule has 0 aliphatic rings. The van der Waals surface area contributed by atoms with Gasteiger partial charge in [0.25, 0.3) is 0 Å². The Morgan fingerprint density at radius 2 is 1.89 bits per heavy atom. The van der Waals surface area contributed by atoms with Gasteiger partial charge in [-0.3, -0.25) is 0 Å². The first kappa shape index (κ1) is 14.1. The minimum atomic E-state index is 0.841. The summed E-state index contributed by atoms with van der Waals surface area (Å²) in [5.41, 5.74) is 2.55. The Morgan fingerprint density at radius 1 is 1.11 bits per heavy atom. The quantitative estimate of drug-likeness (QED) is 0.865. The van der Waals surface area contributed by atoms with E-state index in [0.717, 1.165) is 29.1 Å². The largest absolute Gasteiger partial charge is 0.457 e. The van der Waals surface area contributed by atoms with Crippen LogP contribution in [-0.2, 0) is 6.54 Å². The summed E-state index contributed by atoms with van der Waals surface area (Å²) < 4.78 is 6.87. The zero-order valence-corrected chi connectivity index (χ0v) is 12.8. The summed E-state index contributed by atoms with van der Waals surface area (Å²) in [6, 6.07) is 14.1. The standard InChI is InChI=1S/C16H18BrNO/c1-3-18-11-13-7-8-16(9-12(13)2)19-15-6-4-5-14(17)10-15/h4-10,18H,3,11H2,1-2H3. The summed E-state index contributed by atoms with van der Waals surface area (Å²) in [6.07, 6.45) is 0. The molecule has 2 rings (SSSR count). The number of benzene rings is 2. The summed E-state index contributed by atoms with van der Waals surface area (Å²) in [7, 11) is 0. The molecule has 0 aromatic heterocycles. The Hall–Kier alpha value is -1.32. The Kier molecular flexibility index (Phi) is 5.00. The topological polar surface area (TPSA) is 21.3 Å². The van der Waals surface area contributed by atoms with Crippen molar-refractivity contribution in [2.45, 2.75) is 20.4 Å². The molecule has 0 fully saturated rings. The molecule has 0 spiro atoms. The fourth-order valence-electron chi connectivity index (χ4n) is 1.86. The minimum absolute atomic E-state index is 0.841. The molecule has 0 saturated heterocycles. The second-order valence-corrected chi connectivity index (χ2v) is 5.34. The van der Waals surface area contributed by atoms with Crippen LogP contribution in [0.15, 0.2) is 46.9 Å². The number of hydrogen-bond donors (Lipinski definition) is 1. The van der Waals surface area contributed by atoms with E-state index in [1.807, 2.05) is 30.3 Å². The highest BCUT2D eigenvalue weighted by Crippen LogP contribution is 2.26. The summed E-state index contributed by atoms with van der Waals surface area (Å²) >= 11 is 3.44. The third-order valence-electron chi connectivity index (χ3n) is 2.91. The molecule has 2 aromatic carbocycles. The smallest absolute Gasteiger partial charge is 0.128 e. The van der Waals surface area contributed by atoms with Crippen LogP contribution in [0.25, 0.3) is 0 Å². The van der Waals surface area contributed by atoms with Gasteiger partial charge in [0, 0.05) is 11.0 Å². The molecule has 0 aliphatic carbocycles. The van der Waals surface area contributed by atoms with Gasteiger partial charge in [-0.2, -0.15) is 0 Å². The Morgan fingerprint density at radius 3 is 2.58 bits per heavy atom. The van der Waals surface area contributed by atoms with Gasteiger partial charge in [-0.15, -0.1) is 0 Å². The van der Waals surface area contributed by atoms with E-state index >= 15 is 0 Å². The maximum atomic E-state index is 5.85. The molecule has 2 aromatic rings. The van der Waals surface area contributed by atoms with Crippen molar-refractivity contribution in [3.8, 4) is 11.5 Å².